The zero-order chi connectivity index (χ0) is 5.28. The van der Waals surface area contributed by atoms with Gasteiger partial charge in [0, 0.05) is 13.1 Å². The third-order valence-corrected chi connectivity index (χ3v) is 1.88. The van der Waals surface area contributed by atoms with E-state index >= 15 is 0 Å². The van der Waals surface area contributed by atoms with Gasteiger partial charge in [-0.3, -0.25) is 0 Å². The highest BCUT2D eigenvalue weighted by molar-refractivity contribution is 7.96. The first kappa shape index (κ1) is 5.38. The van der Waals surface area contributed by atoms with Crippen molar-refractivity contribution in [3.05, 3.63) is 0 Å². The Morgan fingerprint density at radius 3 is 2.43 bits per heavy atom. The highest BCUT2D eigenvalue weighted by atomic mass is 32.2. The Balaban J connectivity index is 2.06. The standard InChI is InChI=1S/C4H8FNS/c1-7-6-2-4(5)3-6/h4H,2-3H2,1H3. The zero-order valence-electron chi connectivity index (χ0n) is 4.22. The van der Waals surface area contributed by atoms with E-state index in [-0.39, 0.29) is 0 Å². The molecule has 0 radical (unpaired) electrons. The Bertz CT molecular complexity index is 62.7. The summed E-state index contributed by atoms with van der Waals surface area (Å²) >= 11 is 1.61. The molecule has 0 amide bonds. The lowest BCUT2D eigenvalue weighted by atomic mass is 10.3. The summed E-state index contributed by atoms with van der Waals surface area (Å²) in [5.41, 5.74) is 0. The average molecular weight is 121 g/mol. The fraction of sp³-hybridized carbons (Fsp3) is 1.00. The molecule has 0 bridgehead atoms. The normalized spacial score (nSPS) is 24.9. The smallest absolute Gasteiger partial charge is 0.127 e. The first-order valence-electron chi connectivity index (χ1n) is 2.26. The van der Waals surface area contributed by atoms with Gasteiger partial charge in [-0.2, -0.15) is 0 Å². The number of hydrogen-bond donors (Lipinski definition) is 0. The third kappa shape index (κ3) is 1.07. The van der Waals surface area contributed by atoms with Crippen LogP contribution in [0.15, 0.2) is 0 Å². The Hall–Kier alpha value is 0.240. The highest BCUT2D eigenvalue weighted by Gasteiger charge is 2.24. The maximum absolute atomic E-state index is 11.9. The number of hydrogen-bond acceptors (Lipinski definition) is 2. The number of halogens is 1. The molecule has 1 aliphatic heterocycles. The van der Waals surface area contributed by atoms with Gasteiger partial charge in [-0.1, -0.05) is 11.9 Å². The summed E-state index contributed by atoms with van der Waals surface area (Å²) in [6.07, 6.45) is 1.42. The van der Waals surface area contributed by atoms with E-state index in [4.69, 9.17) is 0 Å². The van der Waals surface area contributed by atoms with E-state index in [0.717, 1.165) is 0 Å². The predicted octanol–water partition coefficient (Wildman–Crippen LogP) is 0.918. The molecule has 0 aromatic carbocycles. The fourth-order valence-corrected chi connectivity index (χ4v) is 1.16. The minimum Gasteiger partial charge on any atom is -0.245 e. The molecule has 0 aromatic rings. The molecule has 1 fully saturated rings. The van der Waals surface area contributed by atoms with Gasteiger partial charge in [0.15, 0.2) is 0 Å². The zero-order valence-corrected chi connectivity index (χ0v) is 5.04. The molecule has 0 spiro atoms. The van der Waals surface area contributed by atoms with Gasteiger partial charge in [0.05, 0.1) is 0 Å². The molecule has 0 aromatic heterocycles. The molecule has 0 saturated carbocycles. The summed E-state index contributed by atoms with van der Waals surface area (Å²) in [7, 11) is 0. The summed E-state index contributed by atoms with van der Waals surface area (Å²) in [4.78, 5) is 0. The maximum Gasteiger partial charge on any atom is 0.127 e. The van der Waals surface area contributed by atoms with Crippen LogP contribution in [0.3, 0.4) is 0 Å². The number of rotatable bonds is 1. The Kier molecular flexibility index (Phi) is 1.54. The third-order valence-electron chi connectivity index (χ3n) is 1.06. The second kappa shape index (κ2) is 2.01. The van der Waals surface area contributed by atoms with Crippen molar-refractivity contribution in [2.75, 3.05) is 19.3 Å². The second-order valence-corrected chi connectivity index (χ2v) is 2.51. The predicted molar refractivity (Wildman–Crippen MR) is 30.0 cm³/mol. The van der Waals surface area contributed by atoms with Crippen LogP contribution in [0.1, 0.15) is 0 Å². The van der Waals surface area contributed by atoms with Gasteiger partial charge in [0.2, 0.25) is 0 Å². The van der Waals surface area contributed by atoms with Crippen molar-refractivity contribution in [2.45, 2.75) is 6.17 Å². The van der Waals surface area contributed by atoms with Gasteiger partial charge in [0.1, 0.15) is 6.17 Å². The largest absolute Gasteiger partial charge is 0.245 e. The van der Waals surface area contributed by atoms with Crippen molar-refractivity contribution in [1.82, 2.24) is 4.31 Å². The first-order chi connectivity index (χ1) is 3.33. The van der Waals surface area contributed by atoms with E-state index in [0.29, 0.717) is 13.1 Å². The summed E-state index contributed by atoms with van der Waals surface area (Å²) in [6, 6.07) is 0. The van der Waals surface area contributed by atoms with Gasteiger partial charge >= 0.3 is 0 Å². The van der Waals surface area contributed by atoms with Gasteiger partial charge < -0.3 is 0 Å². The van der Waals surface area contributed by atoms with Gasteiger partial charge in [-0.05, 0) is 6.26 Å². The van der Waals surface area contributed by atoms with Crippen molar-refractivity contribution < 1.29 is 4.39 Å². The van der Waals surface area contributed by atoms with E-state index in [1.54, 1.807) is 11.9 Å². The van der Waals surface area contributed by atoms with E-state index in [1.807, 2.05) is 10.6 Å². The van der Waals surface area contributed by atoms with E-state index in [2.05, 4.69) is 0 Å². The second-order valence-electron chi connectivity index (χ2n) is 1.63. The minimum absolute atomic E-state index is 0.549. The molecule has 1 heterocycles. The maximum atomic E-state index is 11.9. The Morgan fingerprint density at radius 1 is 1.71 bits per heavy atom. The lowest BCUT2D eigenvalue weighted by Gasteiger charge is -2.31. The van der Waals surface area contributed by atoms with E-state index < -0.39 is 6.17 Å². The number of alkyl halides is 1. The molecular formula is C4H8FNS. The topological polar surface area (TPSA) is 3.24 Å². The quantitative estimate of drug-likeness (QED) is 0.474. The molecular weight excluding hydrogens is 113 g/mol. The van der Waals surface area contributed by atoms with Crippen molar-refractivity contribution in [3.63, 3.8) is 0 Å². The van der Waals surface area contributed by atoms with Crippen LogP contribution in [0, 0.1) is 0 Å². The molecule has 7 heavy (non-hydrogen) atoms. The molecule has 42 valence electrons. The molecule has 0 N–H and O–H groups in total. The SMILES string of the molecule is CSN1CC(F)C1. The van der Waals surface area contributed by atoms with Crippen LogP contribution < -0.4 is 0 Å². The minimum atomic E-state index is -0.549. The van der Waals surface area contributed by atoms with Crippen molar-refractivity contribution >= 4 is 11.9 Å². The van der Waals surface area contributed by atoms with Crippen LogP contribution in [0.2, 0.25) is 0 Å². The summed E-state index contributed by atoms with van der Waals surface area (Å²) in [5.74, 6) is 0. The monoisotopic (exact) mass is 121 g/mol. The number of nitrogens with zero attached hydrogens (tertiary/aromatic N) is 1. The molecule has 1 saturated heterocycles. The van der Waals surface area contributed by atoms with Crippen molar-refractivity contribution in [1.29, 1.82) is 0 Å². The average Bonchev–Trinajstić information content (AvgIpc) is 1.58. The summed E-state index contributed by atoms with van der Waals surface area (Å²) < 4.78 is 13.9. The molecule has 1 aliphatic rings. The van der Waals surface area contributed by atoms with Gasteiger partial charge in [0.25, 0.3) is 0 Å². The van der Waals surface area contributed by atoms with Crippen molar-refractivity contribution in [3.8, 4) is 0 Å². The van der Waals surface area contributed by atoms with Crippen LogP contribution in [0.4, 0.5) is 4.39 Å². The molecule has 0 unspecified atom stereocenters. The van der Waals surface area contributed by atoms with Gasteiger partial charge in [-0.15, -0.1) is 0 Å². The summed E-state index contributed by atoms with van der Waals surface area (Å²) in [6.45, 7) is 1.25. The van der Waals surface area contributed by atoms with Crippen LogP contribution in [0.25, 0.3) is 0 Å². The fourth-order valence-electron chi connectivity index (χ4n) is 0.538. The van der Waals surface area contributed by atoms with Crippen LogP contribution in [-0.2, 0) is 0 Å². The van der Waals surface area contributed by atoms with Crippen molar-refractivity contribution in [2.24, 2.45) is 0 Å². The van der Waals surface area contributed by atoms with Crippen LogP contribution in [-0.4, -0.2) is 29.8 Å². The summed E-state index contributed by atoms with van der Waals surface area (Å²) in [5, 5.41) is 0. The van der Waals surface area contributed by atoms with Crippen LogP contribution >= 0.6 is 11.9 Å². The van der Waals surface area contributed by atoms with E-state index in [1.165, 1.54) is 0 Å². The van der Waals surface area contributed by atoms with Crippen LogP contribution in [0.5, 0.6) is 0 Å². The molecule has 3 heteroatoms. The van der Waals surface area contributed by atoms with E-state index in [9.17, 15) is 4.39 Å². The highest BCUT2D eigenvalue weighted by Crippen LogP contribution is 2.17. The molecule has 0 aliphatic carbocycles. The molecule has 1 rings (SSSR count). The molecule has 1 nitrogen and oxygen atoms in total. The first-order valence-corrected chi connectivity index (χ1v) is 3.44. The lowest BCUT2D eigenvalue weighted by Crippen LogP contribution is -2.43. The van der Waals surface area contributed by atoms with Gasteiger partial charge in [-0.25, -0.2) is 8.70 Å². The Morgan fingerprint density at radius 2 is 2.29 bits per heavy atom. The molecule has 0 atom stereocenters. The Labute approximate surface area is 47.0 Å². The lowest BCUT2D eigenvalue weighted by molar-refractivity contribution is 0.154.